The number of hydrogen-bond acceptors (Lipinski definition) is 3. The number of anilines is 1. The van der Waals surface area contributed by atoms with Crippen LogP contribution in [0.2, 0.25) is 5.02 Å². The molecular formula is C18H18ClFN2O2S. The van der Waals surface area contributed by atoms with Gasteiger partial charge in [-0.1, -0.05) is 23.7 Å². The molecule has 2 aromatic rings. The molecule has 0 aliphatic heterocycles. The lowest BCUT2D eigenvalue weighted by atomic mass is 10.1. The maximum absolute atomic E-state index is 12.8. The van der Waals surface area contributed by atoms with E-state index in [0.717, 1.165) is 5.56 Å². The summed E-state index contributed by atoms with van der Waals surface area (Å²) >= 11 is 7.05. The summed E-state index contributed by atoms with van der Waals surface area (Å²) in [7, 11) is 0. The van der Waals surface area contributed by atoms with Gasteiger partial charge in [0.05, 0.1) is 17.5 Å². The van der Waals surface area contributed by atoms with Gasteiger partial charge in [-0.3, -0.25) is 9.59 Å². The van der Waals surface area contributed by atoms with E-state index < -0.39 is 0 Å². The second kappa shape index (κ2) is 9.44. The molecule has 0 aliphatic carbocycles. The summed E-state index contributed by atoms with van der Waals surface area (Å²) in [5.41, 5.74) is 1.48. The van der Waals surface area contributed by atoms with Crippen molar-refractivity contribution in [3.63, 3.8) is 0 Å². The van der Waals surface area contributed by atoms with E-state index in [0.29, 0.717) is 10.7 Å². The second-order valence-electron chi connectivity index (χ2n) is 5.39. The van der Waals surface area contributed by atoms with Gasteiger partial charge >= 0.3 is 0 Å². The van der Waals surface area contributed by atoms with Crippen molar-refractivity contribution >= 4 is 40.9 Å². The van der Waals surface area contributed by atoms with Gasteiger partial charge in [-0.25, -0.2) is 4.39 Å². The van der Waals surface area contributed by atoms with Crippen LogP contribution in [0.4, 0.5) is 10.1 Å². The molecule has 2 amide bonds. The lowest BCUT2D eigenvalue weighted by Crippen LogP contribution is -2.28. The summed E-state index contributed by atoms with van der Waals surface area (Å²) < 4.78 is 12.8. The molecule has 2 aromatic carbocycles. The molecule has 2 N–H and O–H groups in total. The van der Waals surface area contributed by atoms with Gasteiger partial charge in [0.15, 0.2) is 0 Å². The predicted molar refractivity (Wildman–Crippen MR) is 100 cm³/mol. The summed E-state index contributed by atoms with van der Waals surface area (Å²) in [6, 6.07) is 12.6. The van der Waals surface area contributed by atoms with Crippen molar-refractivity contribution in [1.82, 2.24) is 5.32 Å². The molecule has 0 spiro atoms. The minimum Gasteiger partial charge on any atom is -0.349 e. The number of rotatable bonds is 7. The fourth-order valence-corrected chi connectivity index (χ4v) is 2.84. The highest BCUT2D eigenvalue weighted by molar-refractivity contribution is 8.00. The van der Waals surface area contributed by atoms with Crippen LogP contribution in [0.25, 0.3) is 0 Å². The van der Waals surface area contributed by atoms with Crippen molar-refractivity contribution < 1.29 is 14.0 Å². The lowest BCUT2D eigenvalue weighted by molar-refractivity contribution is -0.119. The highest BCUT2D eigenvalue weighted by Gasteiger charge is 2.11. The largest absolute Gasteiger partial charge is 0.349 e. The van der Waals surface area contributed by atoms with E-state index in [1.165, 1.54) is 36.0 Å². The quantitative estimate of drug-likeness (QED) is 0.762. The summed E-state index contributed by atoms with van der Waals surface area (Å²) in [5.74, 6) is -0.439. The van der Waals surface area contributed by atoms with Crippen molar-refractivity contribution in [1.29, 1.82) is 0 Å². The molecule has 0 aromatic heterocycles. The van der Waals surface area contributed by atoms with Gasteiger partial charge in [-0.15, -0.1) is 11.8 Å². The zero-order valence-electron chi connectivity index (χ0n) is 13.6. The molecule has 2 rings (SSSR count). The molecule has 25 heavy (non-hydrogen) atoms. The number of nitrogens with one attached hydrogen (secondary N) is 2. The average Bonchev–Trinajstić information content (AvgIpc) is 2.57. The lowest BCUT2D eigenvalue weighted by Gasteiger charge is -2.14. The fourth-order valence-electron chi connectivity index (χ4n) is 2.08. The average molecular weight is 381 g/mol. The van der Waals surface area contributed by atoms with Gasteiger partial charge in [0.1, 0.15) is 5.82 Å². The number of hydrogen-bond donors (Lipinski definition) is 2. The molecule has 1 atom stereocenters. The van der Waals surface area contributed by atoms with Crippen molar-refractivity contribution in [2.45, 2.75) is 13.0 Å². The Morgan fingerprint density at radius 1 is 1.04 bits per heavy atom. The van der Waals surface area contributed by atoms with Crippen LogP contribution in [-0.2, 0) is 9.59 Å². The smallest absolute Gasteiger partial charge is 0.234 e. The van der Waals surface area contributed by atoms with Gasteiger partial charge in [0.2, 0.25) is 11.8 Å². The molecule has 0 saturated carbocycles. The maximum atomic E-state index is 12.8. The van der Waals surface area contributed by atoms with Gasteiger partial charge < -0.3 is 10.6 Å². The van der Waals surface area contributed by atoms with Gasteiger partial charge in [-0.2, -0.15) is 0 Å². The first-order valence-corrected chi connectivity index (χ1v) is 9.15. The van der Waals surface area contributed by atoms with E-state index in [-0.39, 0.29) is 35.2 Å². The molecular weight excluding hydrogens is 363 g/mol. The fraction of sp³-hybridized carbons (Fsp3) is 0.222. The number of carbonyl (C=O) groups excluding carboxylic acids is 2. The highest BCUT2D eigenvalue weighted by Crippen LogP contribution is 2.16. The van der Waals surface area contributed by atoms with Gasteiger partial charge in [0, 0.05) is 10.7 Å². The minimum atomic E-state index is -0.362. The van der Waals surface area contributed by atoms with E-state index in [2.05, 4.69) is 10.6 Å². The van der Waals surface area contributed by atoms with Crippen LogP contribution in [0.5, 0.6) is 0 Å². The Labute approximate surface area is 155 Å². The van der Waals surface area contributed by atoms with Gasteiger partial charge in [0.25, 0.3) is 0 Å². The van der Waals surface area contributed by atoms with Crippen LogP contribution < -0.4 is 10.6 Å². The molecule has 0 bridgehead atoms. The van der Waals surface area contributed by atoms with Crippen LogP contribution in [0.3, 0.4) is 0 Å². The SMILES string of the molecule is CC(NC(=O)CSCC(=O)Nc1ccc(F)cc1)c1ccc(Cl)cc1. The standard InChI is InChI=1S/C18H18ClFN2O2S/c1-12(13-2-4-14(19)5-3-13)21-17(23)10-25-11-18(24)22-16-8-6-15(20)7-9-16/h2-9,12H,10-11H2,1H3,(H,21,23)(H,22,24). The number of thioether (sulfide) groups is 1. The van der Waals surface area contributed by atoms with Crippen molar-refractivity contribution in [2.24, 2.45) is 0 Å². The van der Waals surface area contributed by atoms with Crippen LogP contribution in [0.1, 0.15) is 18.5 Å². The zero-order chi connectivity index (χ0) is 18.2. The van der Waals surface area contributed by atoms with E-state index >= 15 is 0 Å². The third kappa shape index (κ3) is 6.76. The molecule has 0 fully saturated rings. The van der Waals surface area contributed by atoms with Crippen molar-refractivity contribution in [3.8, 4) is 0 Å². The third-order valence-electron chi connectivity index (χ3n) is 3.34. The van der Waals surface area contributed by atoms with Crippen LogP contribution in [0.15, 0.2) is 48.5 Å². The van der Waals surface area contributed by atoms with Crippen LogP contribution in [0, 0.1) is 5.82 Å². The Morgan fingerprint density at radius 2 is 1.64 bits per heavy atom. The third-order valence-corrected chi connectivity index (χ3v) is 4.53. The normalized spacial score (nSPS) is 11.6. The maximum Gasteiger partial charge on any atom is 0.234 e. The Bertz CT molecular complexity index is 723. The van der Waals surface area contributed by atoms with E-state index in [4.69, 9.17) is 11.6 Å². The number of carbonyl (C=O) groups is 2. The topological polar surface area (TPSA) is 58.2 Å². The number of amides is 2. The first kappa shape index (κ1) is 19.3. The van der Waals surface area contributed by atoms with Crippen LogP contribution in [-0.4, -0.2) is 23.3 Å². The minimum absolute atomic E-state index is 0.139. The monoisotopic (exact) mass is 380 g/mol. The van der Waals surface area contributed by atoms with Gasteiger partial charge in [-0.05, 0) is 48.9 Å². The Morgan fingerprint density at radius 3 is 2.28 bits per heavy atom. The van der Waals surface area contributed by atoms with Crippen molar-refractivity contribution in [3.05, 3.63) is 64.9 Å². The summed E-state index contributed by atoms with van der Waals surface area (Å²) in [5, 5.41) is 6.16. The first-order valence-electron chi connectivity index (χ1n) is 7.62. The first-order chi connectivity index (χ1) is 11.9. The molecule has 0 heterocycles. The van der Waals surface area contributed by atoms with E-state index in [1.807, 2.05) is 19.1 Å². The summed E-state index contributed by atoms with van der Waals surface area (Å²) in [6.45, 7) is 1.88. The Hall–Kier alpha value is -2.05. The zero-order valence-corrected chi connectivity index (χ0v) is 15.2. The van der Waals surface area contributed by atoms with E-state index in [1.54, 1.807) is 12.1 Å². The van der Waals surface area contributed by atoms with Crippen LogP contribution >= 0.6 is 23.4 Å². The Kier molecular flexibility index (Phi) is 7.28. The number of benzene rings is 2. The van der Waals surface area contributed by atoms with Crippen molar-refractivity contribution in [2.75, 3.05) is 16.8 Å². The molecule has 1 unspecified atom stereocenters. The molecule has 4 nitrogen and oxygen atoms in total. The highest BCUT2D eigenvalue weighted by atomic mass is 35.5. The molecule has 7 heteroatoms. The summed E-state index contributed by atoms with van der Waals surface area (Å²) in [6.07, 6.45) is 0. The molecule has 132 valence electrons. The number of halogens is 2. The molecule has 0 saturated heterocycles. The molecule has 0 radical (unpaired) electrons. The molecule has 0 aliphatic rings. The second-order valence-corrected chi connectivity index (χ2v) is 6.81. The summed E-state index contributed by atoms with van der Waals surface area (Å²) in [4.78, 5) is 23.7. The Balaban J connectivity index is 1.70. The van der Waals surface area contributed by atoms with E-state index in [9.17, 15) is 14.0 Å². The predicted octanol–water partition coefficient (Wildman–Crippen LogP) is 4.03.